The number of primary amides is 1. The first-order valence-corrected chi connectivity index (χ1v) is 10.1. The zero-order chi connectivity index (χ0) is 19.3. The van der Waals surface area contributed by atoms with Crippen molar-refractivity contribution in [1.29, 1.82) is 0 Å². The van der Waals surface area contributed by atoms with Crippen molar-refractivity contribution in [2.45, 2.75) is 19.3 Å². The maximum atomic E-state index is 11.2. The molecule has 28 heavy (non-hydrogen) atoms. The van der Waals surface area contributed by atoms with E-state index in [2.05, 4.69) is 26.9 Å². The number of piperidine rings is 1. The summed E-state index contributed by atoms with van der Waals surface area (Å²) in [5, 5.41) is 0. The van der Waals surface area contributed by atoms with E-state index in [9.17, 15) is 4.79 Å². The van der Waals surface area contributed by atoms with E-state index in [0.29, 0.717) is 5.56 Å². The fourth-order valence-corrected chi connectivity index (χ4v) is 4.44. The molecule has 1 unspecified atom stereocenters. The molecular weight excluding hydrogens is 352 g/mol. The molecule has 2 aromatic rings. The average Bonchev–Trinajstić information content (AvgIpc) is 3.41. The van der Waals surface area contributed by atoms with Crippen molar-refractivity contribution in [2.75, 3.05) is 37.6 Å². The third-order valence-corrected chi connectivity index (χ3v) is 6.06. The highest BCUT2D eigenvalue weighted by Gasteiger charge is 2.31. The first kappa shape index (κ1) is 18.7. The Balaban J connectivity index is 1.23. The maximum Gasteiger partial charge on any atom is 0.250 e. The summed E-state index contributed by atoms with van der Waals surface area (Å²) in [6, 6.07) is 7.57. The second-order valence-electron chi connectivity index (χ2n) is 7.82. The molecule has 2 saturated heterocycles. The fraction of sp³-hybridized carbons (Fsp3) is 0.455. The van der Waals surface area contributed by atoms with E-state index in [4.69, 9.17) is 10.2 Å². The highest BCUT2D eigenvalue weighted by molar-refractivity contribution is 5.92. The van der Waals surface area contributed by atoms with Gasteiger partial charge < -0.3 is 15.1 Å². The van der Waals surface area contributed by atoms with Crippen molar-refractivity contribution in [3.8, 4) is 0 Å². The van der Waals surface area contributed by atoms with Gasteiger partial charge in [-0.05, 0) is 68.0 Å². The molecular formula is C22H28N4O2. The Kier molecular flexibility index (Phi) is 5.76. The second-order valence-corrected chi connectivity index (χ2v) is 7.82. The molecule has 2 aliphatic heterocycles. The molecule has 0 radical (unpaired) electrons. The largest absolute Gasteiger partial charge is 0.465 e. The van der Waals surface area contributed by atoms with Gasteiger partial charge in [-0.15, -0.1) is 0 Å². The molecule has 0 spiro atoms. The number of nitrogens with two attached hydrogens (primary N) is 1. The van der Waals surface area contributed by atoms with Gasteiger partial charge >= 0.3 is 0 Å². The number of rotatable bonds is 6. The van der Waals surface area contributed by atoms with Crippen LogP contribution in [0.25, 0.3) is 6.08 Å². The molecule has 0 saturated carbocycles. The van der Waals surface area contributed by atoms with Gasteiger partial charge in [0.15, 0.2) is 0 Å². The third-order valence-electron chi connectivity index (χ3n) is 6.06. The Bertz CT molecular complexity index is 792. The van der Waals surface area contributed by atoms with Crippen LogP contribution in [0.5, 0.6) is 0 Å². The average molecular weight is 380 g/mol. The third kappa shape index (κ3) is 4.44. The zero-order valence-electron chi connectivity index (χ0n) is 16.2. The number of carbonyl (C=O) groups is 1. The molecule has 1 amide bonds. The Hall–Kier alpha value is -2.60. The minimum absolute atomic E-state index is 0.428. The molecule has 6 nitrogen and oxygen atoms in total. The number of hydrogen-bond acceptors (Lipinski definition) is 5. The lowest BCUT2D eigenvalue weighted by molar-refractivity contribution is 0.1000. The second kappa shape index (κ2) is 8.61. The van der Waals surface area contributed by atoms with Crippen LogP contribution in [-0.4, -0.2) is 48.5 Å². The molecule has 4 heterocycles. The van der Waals surface area contributed by atoms with Gasteiger partial charge in [-0.2, -0.15) is 0 Å². The minimum Gasteiger partial charge on any atom is -0.465 e. The molecule has 148 valence electrons. The number of aromatic nitrogens is 1. The van der Waals surface area contributed by atoms with Crippen molar-refractivity contribution in [1.82, 2.24) is 9.88 Å². The molecule has 2 aliphatic rings. The molecule has 0 aromatic carbocycles. The summed E-state index contributed by atoms with van der Waals surface area (Å²) in [5.74, 6) is 3.02. The number of amides is 1. The van der Waals surface area contributed by atoms with Crippen LogP contribution in [0.4, 0.5) is 5.82 Å². The van der Waals surface area contributed by atoms with Crippen molar-refractivity contribution >= 4 is 17.8 Å². The number of nitrogens with zero attached hydrogens (tertiary/aromatic N) is 3. The zero-order valence-corrected chi connectivity index (χ0v) is 16.2. The van der Waals surface area contributed by atoms with Crippen molar-refractivity contribution in [2.24, 2.45) is 17.6 Å². The van der Waals surface area contributed by atoms with Gasteiger partial charge in [0, 0.05) is 32.4 Å². The first-order valence-electron chi connectivity index (χ1n) is 10.1. The fourth-order valence-electron chi connectivity index (χ4n) is 4.44. The van der Waals surface area contributed by atoms with E-state index in [0.717, 1.165) is 43.0 Å². The number of furan rings is 1. The number of likely N-dealkylation sites (tertiary alicyclic amines) is 1. The van der Waals surface area contributed by atoms with Gasteiger partial charge in [0.25, 0.3) is 0 Å². The summed E-state index contributed by atoms with van der Waals surface area (Å²) in [7, 11) is 0. The maximum absolute atomic E-state index is 11.2. The highest BCUT2D eigenvalue weighted by atomic mass is 16.3. The van der Waals surface area contributed by atoms with Gasteiger partial charge in [0.2, 0.25) is 5.91 Å². The lowest BCUT2D eigenvalue weighted by Gasteiger charge is -2.35. The van der Waals surface area contributed by atoms with E-state index in [-0.39, 0.29) is 0 Å². The van der Waals surface area contributed by atoms with Crippen molar-refractivity contribution in [3.63, 3.8) is 0 Å². The molecule has 0 bridgehead atoms. The smallest absolute Gasteiger partial charge is 0.250 e. The topological polar surface area (TPSA) is 75.6 Å². The summed E-state index contributed by atoms with van der Waals surface area (Å²) < 4.78 is 5.34. The number of hydrogen-bond donors (Lipinski definition) is 1. The summed E-state index contributed by atoms with van der Waals surface area (Å²) >= 11 is 0. The van der Waals surface area contributed by atoms with Crippen LogP contribution >= 0.6 is 0 Å². The standard InChI is InChI=1S/C22H28N4O2/c23-22(27)18-5-6-21(24-15-18)26-12-8-17(9-13-26)19-7-11-25(16-19)10-1-3-20-4-2-14-28-20/h1-6,14-15,17,19H,7-13,16H2,(H2,23,27)/b3-1+. The predicted octanol–water partition coefficient (Wildman–Crippen LogP) is 3.03. The van der Waals surface area contributed by atoms with E-state index in [1.807, 2.05) is 18.2 Å². The van der Waals surface area contributed by atoms with E-state index in [1.54, 1.807) is 18.5 Å². The first-order chi connectivity index (χ1) is 13.7. The quantitative estimate of drug-likeness (QED) is 0.834. The Morgan fingerprint density at radius 3 is 2.68 bits per heavy atom. The van der Waals surface area contributed by atoms with Crippen LogP contribution in [0.2, 0.25) is 0 Å². The monoisotopic (exact) mass is 380 g/mol. The summed E-state index contributed by atoms with van der Waals surface area (Å²) in [5.41, 5.74) is 5.75. The van der Waals surface area contributed by atoms with Gasteiger partial charge in [-0.1, -0.05) is 6.08 Å². The van der Waals surface area contributed by atoms with Gasteiger partial charge in [-0.3, -0.25) is 9.69 Å². The van der Waals surface area contributed by atoms with Gasteiger partial charge in [0.05, 0.1) is 11.8 Å². The molecule has 6 heteroatoms. The normalized spacial score (nSPS) is 21.6. The Morgan fingerprint density at radius 1 is 1.18 bits per heavy atom. The van der Waals surface area contributed by atoms with Crippen LogP contribution in [0.15, 0.2) is 47.2 Å². The van der Waals surface area contributed by atoms with Crippen LogP contribution in [0.1, 0.15) is 35.4 Å². The lowest BCUT2D eigenvalue weighted by atomic mass is 9.84. The lowest BCUT2D eigenvalue weighted by Crippen LogP contribution is -2.37. The summed E-state index contributed by atoms with van der Waals surface area (Å²) in [6.45, 7) is 5.43. The SMILES string of the molecule is NC(=O)c1ccc(N2CCC(C3CCN(C/C=C/c4ccco4)C3)CC2)nc1. The van der Waals surface area contributed by atoms with E-state index < -0.39 is 5.91 Å². The predicted molar refractivity (Wildman–Crippen MR) is 110 cm³/mol. The van der Waals surface area contributed by atoms with Gasteiger partial charge in [-0.25, -0.2) is 4.98 Å². The van der Waals surface area contributed by atoms with Crippen LogP contribution in [0, 0.1) is 11.8 Å². The summed E-state index contributed by atoms with van der Waals surface area (Å²) in [6.07, 6.45) is 11.3. The van der Waals surface area contributed by atoms with Crippen LogP contribution in [-0.2, 0) is 0 Å². The van der Waals surface area contributed by atoms with Crippen LogP contribution in [0.3, 0.4) is 0 Å². The Morgan fingerprint density at radius 2 is 2.00 bits per heavy atom. The van der Waals surface area contributed by atoms with E-state index in [1.165, 1.54) is 32.4 Å². The molecule has 0 aliphatic carbocycles. The molecule has 2 N–H and O–H groups in total. The molecule has 1 atom stereocenters. The van der Waals surface area contributed by atoms with Crippen LogP contribution < -0.4 is 10.6 Å². The minimum atomic E-state index is -0.428. The molecule has 4 rings (SSSR count). The van der Waals surface area contributed by atoms with E-state index >= 15 is 0 Å². The van der Waals surface area contributed by atoms with Gasteiger partial charge in [0.1, 0.15) is 11.6 Å². The summed E-state index contributed by atoms with van der Waals surface area (Å²) in [4.78, 5) is 20.5. The Labute approximate surface area is 166 Å². The number of pyridine rings is 1. The van der Waals surface area contributed by atoms with Crippen molar-refractivity contribution in [3.05, 3.63) is 54.1 Å². The van der Waals surface area contributed by atoms with Crippen molar-refractivity contribution < 1.29 is 9.21 Å². The number of anilines is 1. The highest BCUT2D eigenvalue weighted by Crippen LogP contribution is 2.33. The number of carbonyl (C=O) groups excluding carboxylic acids is 1. The molecule has 2 fully saturated rings. The molecule has 2 aromatic heterocycles.